The lowest BCUT2D eigenvalue weighted by atomic mass is 10.2. The molecule has 116 valence electrons. The highest BCUT2D eigenvalue weighted by Gasteiger charge is 2.02. The molecule has 6 heteroatoms. The number of hydrogen-bond donors (Lipinski definition) is 2. The van der Waals surface area contributed by atoms with E-state index in [-0.39, 0.29) is 18.3 Å². The van der Waals surface area contributed by atoms with Gasteiger partial charge in [0, 0.05) is 25.0 Å². The van der Waals surface area contributed by atoms with E-state index >= 15 is 0 Å². The van der Waals surface area contributed by atoms with E-state index in [1.54, 1.807) is 23.9 Å². The number of carbonyl (C=O) groups is 1. The van der Waals surface area contributed by atoms with Crippen LogP contribution in [0.4, 0.5) is 4.39 Å². The van der Waals surface area contributed by atoms with Gasteiger partial charge in [-0.2, -0.15) is 11.8 Å². The smallest absolute Gasteiger partial charge is 0.244 e. The van der Waals surface area contributed by atoms with Crippen LogP contribution >= 0.6 is 11.8 Å². The number of nitrogens with one attached hydrogen (secondary N) is 1. The van der Waals surface area contributed by atoms with E-state index < -0.39 is 5.82 Å². The van der Waals surface area contributed by atoms with E-state index in [1.165, 1.54) is 25.3 Å². The molecule has 0 saturated heterocycles. The first kappa shape index (κ1) is 17.5. The van der Waals surface area contributed by atoms with Gasteiger partial charge in [0.25, 0.3) is 0 Å². The van der Waals surface area contributed by atoms with Crippen LogP contribution in [0.3, 0.4) is 0 Å². The Balaban J connectivity index is 2.32. The van der Waals surface area contributed by atoms with E-state index in [4.69, 9.17) is 9.84 Å². The second-order valence-corrected chi connectivity index (χ2v) is 5.43. The molecule has 1 aromatic rings. The number of thioether (sulfide) groups is 1. The Morgan fingerprint density at radius 3 is 2.95 bits per heavy atom. The summed E-state index contributed by atoms with van der Waals surface area (Å²) in [6.45, 7) is 0.761. The maximum atomic E-state index is 13.4. The fourth-order valence-corrected chi connectivity index (χ4v) is 2.32. The highest BCUT2D eigenvalue weighted by molar-refractivity contribution is 7.99. The topological polar surface area (TPSA) is 58.6 Å². The predicted molar refractivity (Wildman–Crippen MR) is 84.0 cm³/mol. The van der Waals surface area contributed by atoms with Crippen LogP contribution in [-0.2, 0) is 4.79 Å². The van der Waals surface area contributed by atoms with Crippen LogP contribution in [0.15, 0.2) is 24.3 Å². The van der Waals surface area contributed by atoms with Crippen LogP contribution in [0, 0.1) is 5.82 Å². The van der Waals surface area contributed by atoms with E-state index in [9.17, 15) is 9.18 Å². The SMILES string of the molecule is COc1ccc(/C=C/C(=O)NCCSCCCO)cc1F. The van der Waals surface area contributed by atoms with E-state index in [0.717, 1.165) is 17.9 Å². The highest BCUT2D eigenvalue weighted by atomic mass is 32.2. The minimum Gasteiger partial charge on any atom is -0.494 e. The van der Waals surface area contributed by atoms with Gasteiger partial charge in [-0.15, -0.1) is 0 Å². The Morgan fingerprint density at radius 1 is 1.48 bits per heavy atom. The van der Waals surface area contributed by atoms with Crippen molar-refractivity contribution in [3.63, 3.8) is 0 Å². The first-order valence-electron chi connectivity index (χ1n) is 6.65. The molecule has 0 unspecified atom stereocenters. The number of methoxy groups -OCH3 is 1. The van der Waals surface area contributed by atoms with Gasteiger partial charge >= 0.3 is 0 Å². The Morgan fingerprint density at radius 2 is 2.29 bits per heavy atom. The number of halogens is 1. The molecular weight excluding hydrogens is 293 g/mol. The van der Waals surface area contributed by atoms with Crippen LogP contribution in [0.5, 0.6) is 5.75 Å². The number of benzene rings is 1. The van der Waals surface area contributed by atoms with E-state index in [0.29, 0.717) is 12.1 Å². The number of rotatable bonds is 9. The maximum Gasteiger partial charge on any atom is 0.244 e. The molecule has 0 aromatic heterocycles. The summed E-state index contributed by atoms with van der Waals surface area (Å²) in [6.07, 6.45) is 3.69. The second-order valence-electron chi connectivity index (χ2n) is 4.21. The molecule has 0 aliphatic heterocycles. The monoisotopic (exact) mass is 313 g/mol. The van der Waals surface area contributed by atoms with Gasteiger partial charge in [-0.05, 0) is 35.9 Å². The van der Waals surface area contributed by atoms with Crippen LogP contribution in [-0.4, -0.2) is 42.8 Å². The normalized spacial score (nSPS) is 10.8. The van der Waals surface area contributed by atoms with Crippen LogP contribution in [0.1, 0.15) is 12.0 Å². The summed E-state index contributed by atoms with van der Waals surface area (Å²) in [6, 6.07) is 4.51. The summed E-state index contributed by atoms with van der Waals surface area (Å²) in [4.78, 5) is 11.5. The van der Waals surface area contributed by atoms with Gasteiger partial charge in [0.15, 0.2) is 11.6 Å². The molecule has 0 heterocycles. The molecular formula is C15H20FNO3S. The van der Waals surface area contributed by atoms with Crippen molar-refractivity contribution in [3.05, 3.63) is 35.7 Å². The van der Waals surface area contributed by atoms with Gasteiger partial charge in [0.05, 0.1) is 7.11 Å². The van der Waals surface area contributed by atoms with Crippen molar-refractivity contribution < 1.29 is 19.0 Å². The molecule has 0 aliphatic carbocycles. The molecule has 0 atom stereocenters. The van der Waals surface area contributed by atoms with Crippen molar-refractivity contribution in [1.82, 2.24) is 5.32 Å². The van der Waals surface area contributed by atoms with Crippen molar-refractivity contribution in [2.45, 2.75) is 6.42 Å². The summed E-state index contributed by atoms with van der Waals surface area (Å²) in [5, 5.41) is 11.4. The van der Waals surface area contributed by atoms with Crippen LogP contribution in [0.2, 0.25) is 0 Å². The highest BCUT2D eigenvalue weighted by Crippen LogP contribution is 2.18. The Bertz CT molecular complexity index is 480. The number of aliphatic hydroxyl groups is 1. The predicted octanol–water partition coefficient (Wildman–Crippen LogP) is 2.08. The number of ether oxygens (including phenoxy) is 1. The minimum absolute atomic E-state index is 0.177. The standard InChI is InChI=1S/C15H20FNO3S/c1-20-14-5-3-12(11-13(14)16)4-6-15(19)17-7-10-21-9-2-8-18/h3-6,11,18H,2,7-10H2,1H3,(H,17,19)/b6-4+. The van der Waals surface area contributed by atoms with E-state index in [1.807, 2.05) is 0 Å². The van der Waals surface area contributed by atoms with E-state index in [2.05, 4.69) is 5.32 Å². The third-order valence-electron chi connectivity index (χ3n) is 2.60. The molecule has 0 spiro atoms. The fraction of sp³-hybridized carbons (Fsp3) is 0.400. The molecule has 21 heavy (non-hydrogen) atoms. The van der Waals surface area contributed by atoms with Gasteiger partial charge < -0.3 is 15.2 Å². The summed E-state index contributed by atoms with van der Waals surface area (Å²) in [5.41, 5.74) is 0.598. The molecule has 0 aliphatic rings. The van der Waals surface area contributed by atoms with Crippen molar-refractivity contribution >= 4 is 23.7 Å². The van der Waals surface area contributed by atoms with Crippen LogP contribution in [0.25, 0.3) is 6.08 Å². The Kier molecular flexibility index (Phi) is 8.54. The number of hydrogen-bond acceptors (Lipinski definition) is 4. The molecule has 0 bridgehead atoms. The number of carbonyl (C=O) groups excluding carboxylic acids is 1. The average Bonchev–Trinajstić information content (AvgIpc) is 2.49. The van der Waals surface area contributed by atoms with Gasteiger partial charge in [-0.3, -0.25) is 4.79 Å². The fourth-order valence-electron chi connectivity index (χ4n) is 1.53. The Hall–Kier alpha value is -1.53. The third kappa shape index (κ3) is 7.15. The molecule has 1 aromatic carbocycles. The number of aliphatic hydroxyl groups excluding tert-OH is 1. The first-order chi connectivity index (χ1) is 10.2. The van der Waals surface area contributed by atoms with Crippen molar-refractivity contribution in [2.75, 3.05) is 31.8 Å². The first-order valence-corrected chi connectivity index (χ1v) is 7.81. The number of amides is 1. The minimum atomic E-state index is -0.458. The van der Waals surface area contributed by atoms with Gasteiger partial charge in [-0.25, -0.2) is 4.39 Å². The zero-order valence-corrected chi connectivity index (χ0v) is 12.8. The third-order valence-corrected chi connectivity index (χ3v) is 3.67. The van der Waals surface area contributed by atoms with Gasteiger partial charge in [-0.1, -0.05) is 6.07 Å². The van der Waals surface area contributed by atoms with Crippen molar-refractivity contribution in [1.29, 1.82) is 0 Å². The molecule has 2 N–H and O–H groups in total. The average molecular weight is 313 g/mol. The van der Waals surface area contributed by atoms with Gasteiger partial charge in [0.1, 0.15) is 0 Å². The molecule has 0 saturated carbocycles. The zero-order chi connectivity index (χ0) is 15.5. The molecule has 0 radical (unpaired) electrons. The quantitative estimate of drug-likeness (QED) is 0.541. The van der Waals surface area contributed by atoms with Crippen molar-refractivity contribution in [3.8, 4) is 5.75 Å². The molecule has 0 fully saturated rings. The second kappa shape index (κ2) is 10.2. The molecule has 4 nitrogen and oxygen atoms in total. The van der Waals surface area contributed by atoms with Gasteiger partial charge in [0.2, 0.25) is 5.91 Å². The Labute approximate surface area is 128 Å². The maximum absolute atomic E-state index is 13.4. The largest absolute Gasteiger partial charge is 0.494 e. The summed E-state index contributed by atoms with van der Waals surface area (Å²) in [7, 11) is 1.40. The molecule has 1 amide bonds. The molecule has 1 rings (SSSR count). The summed E-state index contributed by atoms with van der Waals surface area (Å²) < 4.78 is 18.3. The van der Waals surface area contributed by atoms with Crippen LogP contribution < -0.4 is 10.1 Å². The lowest BCUT2D eigenvalue weighted by molar-refractivity contribution is -0.116. The zero-order valence-electron chi connectivity index (χ0n) is 12.0. The lowest BCUT2D eigenvalue weighted by Crippen LogP contribution is -2.23. The summed E-state index contributed by atoms with van der Waals surface area (Å²) in [5.74, 6) is 1.19. The summed E-state index contributed by atoms with van der Waals surface area (Å²) >= 11 is 1.68. The lowest BCUT2D eigenvalue weighted by Gasteiger charge is -2.03. The van der Waals surface area contributed by atoms with Crippen molar-refractivity contribution in [2.24, 2.45) is 0 Å².